The van der Waals surface area contributed by atoms with Crippen LogP contribution in [0.3, 0.4) is 0 Å². The Bertz CT molecular complexity index is 958. The Hall–Kier alpha value is -2.54. The van der Waals surface area contributed by atoms with Gasteiger partial charge < -0.3 is 19.4 Å². The second-order valence-electron chi connectivity index (χ2n) is 4.80. The Morgan fingerprint density at radius 3 is 2.91 bits per heavy atom. The van der Waals surface area contributed by atoms with Crippen LogP contribution in [-0.4, -0.2) is 23.0 Å². The molecule has 110 valence electrons. The number of fused-ring (bicyclic) bond motifs is 2. The number of aliphatic imine (C=N–C) groups is 1. The van der Waals surface area contributed by atoms with Gasteiger partial charge in [0.15, 0.2) is 11.5 Å². The van der Waals surface area contributed by atoms with Crippen molar-refractivity contribution in [3.63, 3.8) is 0 Å². The molecule has 0 radical (unpaired) electrons. The second-order valence-corrected chi connectivity index (χ2v) is 5.71. The molecule has 2 N–H and O–H groups in total. The highest BCUT2D eigenvalue weighted by Crippen LogP contribution is 2.37. The lowest BCUT2D eigenvalue weighted by Gasteiger charge is -2.02. The zero-order chi connectivity index (χ0) is 15.1. The first-order chi connectivity index (χ1) is 10.7. The summed E-state index contributed by atoms with van der Waals surface area (Å²) in [5, 5.41) is 0. The van der Waals surface area contributed by atoms with Gasteiger partial charge in [-0.3, -0.25) is 4.99 Å². The Balaban J connectivity index is 1.72. The fourth-order valence-corrected chi connectivity index (χ4v) is 2.80. The minimum atomic E-state index is -0.230. The molecule has 0 bridgehead atoms. The first-order valence-electron chi connectivity index (χ1n) is 6.54. The molecule has 22 heavy (non-hydrogen) atoms. The molecular weight excluding hydrogens is 350 g/mol. The third kappa shape index (κ3) is 2.29. The van der Waals surface area contributed by atoms with Crippen LogP contribution in [0, 0.1) is 0 Å². The van der Waals surface area contributed by atoms with Gasteiger partial charge >= 0.3 is 5.69 Å². The molecule has 0 saturated heterocycles. The molecule has 0 amide bonds. The molecule has 0 fully saturated rings. The van der Waals surface area contributed by atoms with Gasteiger partial charge in [-0.05, 0) is 30.3 Å². The highest BCUT2D eigenvalue weighted by molar-refractivity contribution is 9.10. The van der Waals surface area contributed by atoms with Crippen LogP contribution in [0.5, 0.6) is 11.5 Å². The summed E-state index contributed by atoms with van der Waals surface area (Å²) in [6, 6.07) is 9.21. The van der Waals surface area contributed by atoms with Crippen LogP contribution in [0.4, 0.5) is 5.69 Å². The van der Waals surface area contributed by atoms with Crippen LogP contribution in [0.2, 0.25) is 0 Å². The summed E-state index contributed by atoms with van der Waals surface area (Å²) in [4.78, 5) is 21.1. The quantitative estimate of drug-likeness (QED) is 0.690. The first-order valence-corrected chi connectivity index (χ1v) is 7.33. The predicted octanol–water partition coefficient (Wildman–Crippen LogP) is 3.10. The van der Waals surface area contributed by atoms with Gasteiger partial charge in [0.1, 0.15) is 0 Å². The topological polar surface area (TPSA) is 79.5 Å². The third-order valence-corrected chi connectivity index (χ3v) is 3.78. The summed E-state index contributed by atoms with van der Waals surface area (Å²) in [7, 11) is 0. The van der Waals surface area contributed by atoms with Crippen molar-refractivity contribution in [2.24, 2.45) is 4.99 Å². The van der Waals surface area contributed by atoms with E-state index in [0.29, 0.717) is 11.5 Å². The summed E-state index contributed by atoms with van der Waals surface area (Å²) in [5.74, 6) is 1.38. The number of nitrogens with zero attached hydrogens (tertiary/aromatic N) is 1. The van der Waals surface area contributed by atoms with E-state index in [-0.39, 0.29) is 12.5 Å². The molecule has 1 aromatic heterocycles. The van der Waals surface area contributed by atoms with E-state index in [2.05, 4.69) is 30.9 Å². The van der Waals surface area contributed by atoms with E-state index in [1.807, 2.05) is 24.3 Å². The number of aromatic amines is 2. The number of rotatable bonds is 2. The SMILES string of the molecule is O=c1[nH]c2ccc(/N=C/c3cc(Br)cc4c3OCO4)cc2[nH]1. The van der Waals surface area contributed by atoms with E-state index >= 15 is 0 Å². The number of aromatic nitrogens is 2. The number of imidazole rings is 1. The van der Waals surface area contributed by atoms with Crippen molar-refractivity contribution >= 4 is 38.9 Å². The molecule has 1 aliphatic rings. The van der Waals surface area contributed by atoms with Crippen molar-refractivity contribution in [3.05, 3.63) is 50.9 Å². The average molecular weight is 360 g/mol. The number of hydrogen-bond acceptors (Lipinski definition) is 4. The van der Waals surface area contributed by atoms with E-state index < -0.39 is 0 Å². The largest absolute Gasteiger partial charge is 0.454 e. The maximum absolute atomic E-state index is 11.3. The summed E-state index contributed by atoms with van der Waals surface area (Å²) in [5.41, 5.74) is 2.80. The van der Waals surface area contributed by atoms with Crippen LogP contribution in [0.1, 0.15) is 5.56 Å². The van der Waals surface area contributed by atoms with Gasteiger partial charge in [-0.1, -0.05) is 15.9 Å². The fourth-order valence-electron chi connectivity index (χ4n) is 2.34. The van der Waals surface area contributed by atoms with Crippen molar-refractivity contribution in [2.45, 2.75) is 0 Å². The maximum Gasteiger partial charge on any atom is 0.323 e. The number of halogens is 1. The van der Waals surface area contributed by atoms with Crippen LogP contribution in [-0.2, 0) is 0 Å². The van der Waals surface area contributed by atoms with Crippen molar-refractivity contribution in [3.8, 4) is 11.5 Å². The van der Waals surface area contributed by atoms with Gasteiger partial charge in [0.05, 0.1) is 16.7 Å². The number of hydrogen-bond donors (Lipinski definition) is 2. The van der Waals surface area contributed by atoms with E-state index in [4.69, 9.17) is 9.47 Å². The van der Waals surface area contributed by atoms with Crippen LogP contribution >= 0.6 is 15.9 Å². The van der Waals surface area contributed by atoms with E-state index in [9.17, 15) is 4.79 Å². The average Bonchev–Trinajstić information content (AvgIpc) is 3.08. The number of nitrogens with one attached hydrogen (secondary N) is 2. The van der Waals surface area contributed by atoms with Crippen molar-refractivity contribution in [2.75, 3.05) is 6.79 Å². The minimum Gasteiger partial charge on any atom is -0.454 e. The molecule has 0 spiro atoms. The van der Waals surface area contributed by atoms with Gasteiger partial charge in [0.2, 0.25) is 6.79 Å². The van der Waals surface area contributed by atoms with E-state index in [0.717, 1.165) is 26.8 Å². The highest BCUT2D eigenvalue weighted by Gasteiger charge is 2.17. The number of benzene rings is 2. The molecule has 0 saturated carbocycles. The van der Waals surface area contributed by atoms with Gasteiger partial charge in [0, 0.05) is 16.3 Å². The van der Waals surface area contributed by atoms with Crippen molar-refractivity contribution in [1.82, 2.24) is 9.97 Å². The standard InChI is InChI=1S/C15H10BrN3O3/c16-9-3-8(14-13(4-9)21-7-22-14)6-17-10-1-2-11-12(5-10)19-15(20)18-11/h1-6H,7H2,(H2,18,19,20)/b17-6+. The normalized spacial score (nSPS) is 13.3. The lowest BCUT2D eigenvalue weighted by molar-refractivity contribution is 0.174. The zero-order valence-electron chi connectivity index (χ0n) is 11.2. The number of H-pyrrole nitrogens is 2. The summed E-state index contributed by atoms with van der Waals surface area (Å²) < 4.78 is 11.7. The molecule has 1 aliphatic heterocycles. The Morgan fingerprint density at radius 2 is 2.00 bits per heavy atom. The molecule has 2 heterocycles. The predicted molar refractivity (Wildman–Crippen MR) is 86.4 cm³/mol. The number of ether oxygens (including phenoxy) is 2. The lowest BCUT2D eigenvalue weighted by Crippen LogP contribution is -1.99. The third-order valence-electron chi connectivity index (χ3n) is 3.32. The molecule has 0 unspecified atom stereocenters. The Kier molecular flexibility index (Phi) is 3.00. The minimum absolute atomic E-state index is 0.211. The van der Waals surface area contributed by atoms with Gasteiger partial charge in [-0.2, -0.15) is 0 Å². The molecule has 0 aliphatic carbocycles. The molecule has 3 aromatic rings. The zero-order valence-corrected chi connectivity index (χ0v) is 12.8. The summed E-state index contributed by atoms with van der Waals surface area (Å²) in [6.07, 6.45) is 1.71. The van der Waals surface area contributed by atoms with Gasteiger partial charge in [-0.15, -0.1) is 0 Å². The second kappa shape index (κ2) is 5.03. The summed E-state index contributed by atoms with van der Waals surface area (Å²) >= 11 is 3.44. The molecule has 0 atom stereocenters. The van der Waals surface area contributed by atoms with Gasteiger partial charge in [0.25, 0.3) is 0 Å². The van der Waals surface area contributed by atoms with E-state index in [1.165, 1.54) is 0 Å². The molecule has 2 aromatic carbocycles. The molecule has 6 nitrogen and oxygen atoms in total. The smallest absolute Gasteiger partial charge is 0.323 e. The Labute approximate surface area is 132 Å². The first kappa shape index (κ1) is 13.1. The maximum atomic E-state index is 11.3. The molecular formula is C15H10BrN3O3. The summed E-state index contributed by atoms with van der Waals surface area (Å²) in [6.45, 7) is 0.211. The van der Waals surface area contributed by atoms with Crippen molar-refractivity contribution in [1.29, 1.82) is 0 Å². The van der Waals surface area contributed by atoms with E-state index in [1.54, 1.807) is 12.3 Å². The van der Waals surface area contributed by atoms with Crippen LogP contribution in [0.15, 0.2) is 44.6 Å². The van der Waals surface area contributed by atoms with Crippen molar-refractivity contribution < 1.29 is 9.47 Å². The lowest BCUT2D eigenvalue weighted by atomic mass is 10.2. The molecule has 4 rings (SSSR count). The van der Waals surface area contributed by atoms with Gasteiger partial charge in [-0.25, -0.2) is 4.79 Å². The van der Waals surface area contributed by atoms with Crippen LogP contribution in [0.25, 0.3) is 11.0 Å². The highest BCUT2D eigenvalue weighted by atomic mass is 79.9. The fraction of sp³-hybridized carbons (Fsp3) is 0.0667. The molecule has 7 heteroatoms. The monoisotopic (exact) mass is 359 g/mol. The van der Waals surface area contributed by atoms with Crippen LogP contribution < -0.4 is 15.2 Å². The Morgan fingerprint density at radius 1 is 1.14 bits per heavy atom.